The molecule has 1 amide bonds. The van der Waals surface area contributed by atoms with Crippen LogP contribution >= 0.6 is 23.1 Å². The maximum absolute atomic E-state index is 11.9. The van der Waals surface area contributed by atoms with Crippen molar-refractivity contribution in [3.63, 3.8) is 0 Å². The minimum atomic E-state index is -1.22. The molecule has 6 nitrogen and oxygen atoms in total. The number of phenols is 1. The van der Waals surface area contributed by atoms with E-state index in [0.29, 0.717) is 15.8 Å². The van der Waals surface area contributed by atoms with Gasteiger partial charge in [-0.05, 0) is 41.4 Å². The number of nitrogens with one attached hydrogen (secondary N) is 1. The lowest BCUT2D eigenvalue weighted by atomic mass is 10.2. The number of aromatic hydroxyl groups is 1. The third kappa shape index (κ3) is 3.43. The Kier molecular flexibility index (Phi) is 4.18. The van der Waals surface area contributed by atoms with Gasteiger partial charge < -0.3 is 15.5 Å². The Morgan fingerprint density at radius 1 is 1.30 bits per heavy atom. The molecule has 0 aliphatic carbocycles. The third-order valence-corrected chi connectivity index (χ3v) is 4.64. The lowest BCUT2D eigenvalue weighted by Crippen LogP contribution is -2.19. The van der Waals surface area contributed by atoms with E-state index in [1.165, 1.54) is 41.3 Å². The first-order chi connectivity index (χ1) is 11.0. The molecule has 1 fully saturated rings. The Labute approximate surface area is 139 Å². The van der Waals surface area contributed by atoms with Crippen molar-refractivity contribution in [1.82, 2.24) is 5.32 Å². The van der Waals surface area contributed by atoms with Crippen molar-refractivity contribution >= 4 is 51.9 Å². The quantitative estimate of drug-likeness (QED) is 0.742. The average molecular weight is 346 g/mol. The second-order valence-electron chi connectivity index (χ2n) is 4.50. The monoisotopic (exact) mass is 346 g/mol. The van der Waals surface area contributed by atoms with Gasteiger partial charge in [-0.3, -0.25) is 4.79 Å². The first-order valence-corrected chi connectivity index (χ1v) is 8.12. The van der Waals surface area contributed by atoms with Gasteiger partial charge in [0.2, 0.25) is 0 Å². The highest BCUT2D eigenvalue weighted by molar-refractivity contribution is 8.18. The van der Waals surface area contributed by atoms with Crippen LogP contribution in [0.15, 0.2) is 45.6 Å². The van der Waals surface area contributed by atoms with E-state index in [0.717, 1.165) is 4.88 Å². The van der Waals surface area contributed by atoms with E-state index in [4.69, 9.17) is 5.11 Å². The Balaban J connectivity index is 1.83. The molecule has 1 aromatic heterocycles. The Morgan fingerprint density at radius 3 is 2.78 bits per heavy atom. The maximum Gasteiger partial charge on any atom is 0.339 e. The number of hydrogen-bond donors (Lipinski definition) is 3. The Bertz CT molecular complexity index is 841. The van der Waals surface area contributed by atoms with Gasteiger partial charge in [0.05, 0.1) is 10.6 Å². The minimum absolute atomic E-state index is 0.199. The van der Waals surface area contributed by atoms with Gasteiger partial charge in [0.15, 0.2) is 5.17 Å². The summed E-state index contributed by atoms with van der Waals surface area (Å²) in [6.07, 6.45) is 1.78. The normalized spacial score (nSPS) is 17.7. The van der Waals surface area contributed by atoms with Crippen LogP contribution < -0.4 is 5.32 Å². The number of thiophene rings is 1. The van der Waals surface area contributed by atoms with Gasteiger partial charge in [0.25, 0.3) is 5.91 Å². The molecule has 0 saturated carbocycles. The molecule has 0 spiro atoms. The molecule has 116 valence electrons. The number of thioether (sulfide) groups is 1. The van der Waals surface area contributed by atoms with Crippen LogP contribution in [0.5, 0.6) is 5.75 Å². The van der Waals surface area contributed by atoms with E-state index in [1.54, 1.807) is 6.08 Å². The number of rotatable bonds is 3. The zero-order valence-electron chi connectivity index (χ0n) is 11.5. The number of amidine groups is 1. The fourth-order valence-electron chi connectivity index (χ4n) is 1.87. The molecule has 0 bridgehead atoms. The highest BCUT2D eigenvalue weighted by Gasteiger charge is 2.24. The van der Waals surface area contributed by atoms with E-state index in [-0.39, 0.29) is 17.2 Å². The zero-order chi connectivity index (χ0) is 16.4. The number of amides is 1. The van der Waals surface area contributed by atoms with Crippen LogP contribution in [-0.4, -0.2) is 27.3 Å². The lowest BCUT2D eigenvalue weighted by Gasteiger charge is -2.01. The minimum Gasteiger partial charge on any atom is -0.507 e. The topological polar surface area (TPSA) is 99.0 Å². The molecule has 3 N–H and O–H groups in total. The van der Waals surface area contributed by atoms with Crippen LogP contribution in [0.1, 0.15) is 15.2 Å². The number of carboxylic acids is 1. The summed E-state index contributed by atoms with van der Waals surface area (Å²) in [5.74, 6) is -1.83. The maximum atomic E-state index is 11.9. The summed E-state index contributed by atoms with van der Waals surface area (Å²) in [6, 6.07) is 7.77. The largest absolute Gasteiger partial charge is 0.507 e. The number of carbonyl (C=O) groups is 2. The van der Waals surface area contributed by atoms with Crippen LogP contribution in [0.4, 0.5) is 5.69 Å². The van der Waals surface area contributed by atoms with Gasteiger partial charge in [0.1, 0.15) is 11.3 Å². The molecule has 1 aliphatic rings. The van der Waals surface area contributed by atoms with Crippen LogP contribution in [0.3, 0.4) is 0 Å². The fraction of sp³-hybridized carbons (Fsp3) is 0. The first-order valence-electron chi connectivity index (χ1n) is 6.42. The molecule has 0 unspecified atom stereocenters. The second-order valence-corrected chi connectivity index (χ2v) is 6.51. The number of hydrogen-bond acceptors (Lipinski definition) is 6. The predicted molar refractivity (Wildman–Crippen MR) is 90.2 cm³/mol. The van der Waals surface area contributed by atoms with Crippen LogP contribution in [0.25, 0.3) is 6.08 Å². The number of carbonyl (C=O) groups excluding carboxylic acids is 1. The fourth-order valence-corrected chi connectivity index (χ4v) is 3.44. The Hall–Kier alpha value is -2.58. The van der Waals surface area contributed by atoms with Crippen molar-refractivity contribution in [1.29, 1.82) is 0 Å². The van der Waals surface area contributed by atoms with Crippen LogP contribution in [0.2, 0.25) is 0 Å². The number of aliphatic imine (C=N–C) groups is 1. The summed E-state index contributed by atoms with van der Waals surface area (Å²) >= 11 is 2.71. The van der Waals surface area contributed by atoms with E-state index in [1.807, 2.05) is 17.5 Å². The number of nitrogens with zero attached hydrogens (tertiary/aromatic N) is 1. The summed E-state index contributed by atoms with van der Waals surface area (Å²) in [4.78, 5) is 28.5. The predicted octanol–water partition coefficient (Wildman–Crippen LogP) is 3.04. The van der Waals surface area contributed by atoms with E-state index in [2.05, 4.69) is 10.3 Å². The summed E-state index contributed by atoms with van der Waals surface area (Å²) in [5.41, 5.74) is 0.156. The van der Waals surface area contributed by atoms with Crippen LogP contribution in [0, 0.1) is 0 Å². The number of carboxylic acid groups (broad SMARTS) is 1. The smallest absolute Gasteiger partial charge is 0.339 e. The van der Waals surface area contributed by atoms with Gasteiger partial charge in [0, 0.05) is 10.9 Å². The third-order valence-electron chi connectivity index (χ3n) is 2.91. The highest BCUT2D eigenvalue weighted by Crippen LogP contribution is 2.30. The summed E-state index contributed by atoms with van der Waals surface area (Å²) in [5, 5.41) is 23.5. The van der Waals surface area contributed by atoms with Crippen molar-refractivity contribution in [2.45, 2.75) is 0 Å². The average Bonchev–Trinajstić information content (AvgIpc) is 3.10. The standard InChI is InChI=1S/C15H10N2O4S2/c18-11-6-8(3-4-10(11)14(20)21)16-15-17-13(19)12(23-15)7-9-2-1-5-22-9/h1-7,18H,(H,20,21)(H,16,17,19)/b12-7+. The summed E-state index contributed by atoms with van der Waals surface area (Å²) in [6.45, 7) is 0. The van der Waals surface area contributed by atoms with Gasteiger partial charge in [-0.2, -0.15) is 0 Å². The molecule has 0 atom stereocenters. The van der Waals surface area contributed by atoms with E-state index >= 15 is 0 Å². The molecular formula is C15H10N2O4S2. The molecule has 2 aromatic rings. The van der Waals surface area contributed by atoms with Crippen molar-refractivity contribution in [2.75, 3.05) is 0 Å². The van der Waals surface area contributed by atoms with Crippen molar-refractivity contribution < 1.29 is 19.8 Å². The van der Waals surface area contributed by atoms with E-state index < -0.39 is 5.97 Å². The summed E-state index contributed by atoms with van der Waals surface area (Å²) in [7, 11) is 0. The van der Waals surface area contributed by atoms with Gasteiger partial charge in [-0.15, -0.1) is 11.3 Å². The van der Waals surface area contributed by atoms with Gasteiger partial charge in [-0.1, -0.05) is 6.07 Å². The molecule has 0 radical (unpaired) electrons. The second kappa shape index (κ2) is 6.27. The van der Waals surface area contributed by atoms with Crippen molar-refractivity contribution in [3.8, 4) is 5.75 Å². The van der Waals surface area contributed by atoms with Crippen LogP contribution in [-0.2, 0) is 4.79 Å². The molecule has 1 aromatic carbocycles. The SMILES string of the molecule is O=C1NC(=Nc2ccc(C(=O)O)c(O)c2)S/C1=C/c1cccs1. The van der Waals surface area contributed by atoms with Gasteiger partial charge in [-0.25, -0.2) is 9.79 Å². The zero-order valence-corrected chi connectivity index (χ0v) is 13.1. The molecule has 8 heteroatoms. The number of benzene rings is 1. The summed E-state index contributed by atoms with van der Waals surface area (Å²) < 4.78 is 0. The molecule has 3 rings (SSSR count). The number of aromatic carboxylic acids is 1. The molecule has 2 heterocycles. The Morgan fingerprint density at radius 2 is 2.13 bits per heavy atom. The van der Waals surface area contributed by atoms with Crippen molar-refractivity contribution in [2.24, 2.45) is 4.99 Å². The van der Waals surface area contributed by atoms with Gasteiger partial charge >= 0.3 is 5.97 Å². The molecule has 1 aliphatic heterocycles. The van der Waals surface area contributed by atoms with E-state index in [9.17, 15) is 14.7 Å². The first kappa shape index (κ1) is 15.3. The van der Waals surface area contributed by atoms with Crippen molar-refractivity contribution in [3.05, 3.63) is 51.1 Å². The highest BCUT2D eigenvalue weighted by atomic mass is 32.2. The molecule has 23 heavy (non-hydrogen) atoms. The molecular weight excluding hydrogens is 336 g/mol. The molecule has 1 saturated heterocycles. The lowest BCUT2D eigenvalue weighted by molar-refractivity contribution is -0.115.